The minimum absolute atomic E-state index is 0.0399. The molecule has 0 aromatic heterocycles. The molecule has 1 rings (SSSR count). The van der Waals surface area contributed by atoms with E-state index in [9.17, 15) is 8.42 Å². The van der Waals surface area contributed by atoms with E-state index < -0.39 is 10.0 Å². The van der Waals surface area contributed by atoms with Crippen molar-refractivity contribution in [1.82, 2.24) is 5.14 Å². The van der Waals surface area contributed by atoms with Crippen molar-refractivity contribution in [3.8, 4) is 0 Å². The van der Waals surface area contributed by atoms with Crippen LogP contribution in [0.2, 0.25) is 5.02 Å². The lowest BCUT2D eigenvalue weighted by atomic mass is 10.4. The van der Waals surface area contributed by atoms with Gasteiger partial charge in [0, 0.05) is 5.02 Å². The molecular formula is C6H5ClNO2S. The maximum atomic E-state index is 10.6. The van der Waals surface area contributed by atoms with Crippen LogP contribution in [0.25, 0.3) is 0 Å². The average Bonchev–Trinajstić information content (AvgIpc) is 1.86. The molecule has 0 aliphatic rings. The third-order valence-corrected chi connectivity index (χ3v) is 2.27. The lowest BCUT2D eigenvalue weighted by Gasteiger charge is -1.94. The van der Waals surface area contributed by atoms with Crippen molar-refractivity contribution in [2.45, 2.75) is 4.90 Å². The zero-order chi connectivity index (χ0) is 8.48. The number of nitrogens with one attached hydrogen (secondary N) is 1. The summed E-state index contributed by atoms with van der Waals surface area (Å²) >= 11 is 5.51. The molecule has 0 aliphatic carbocycles. The zero-order valence-electron chi connectivity index (χ0n) is 5.41. The molecule has 0 amide bonds. The van der Waals surface area contributed by atoms with E-state index in [4.69, 9.17) is 16.7 Å². The average molecular weight is 191 g/mol. The normalized spacial score (nSPS) is 11.5. The fourth-order valence-corrected chi connectivity index (χ4v) is 1.23. The minimum Gasteiger partial charge on any atom is -0.206 e. The summed E-state index contributed by atoms with van der Waals surface area (Å²) < 4.78 is 21.1. The molecule has 0 atom stereocenters. The number of benzene rings is 1. The van der Waals surface area contributed by atoms with E-state index in [1.165, 1.54) is 24.3 Å². The van der Waals surface area contributed by atoms with Gasteiger partial charge in [-0.15, -0.1) is 5.14 Å². The quantitative estimate of drug-likeness (QED) is 0.671. The van der Waals surface area contributed by atoms with Crippen LogP contribution in [0.5, 0.6) is 0 Å². The predicted octanol–water partition coefficient (Wildman–Crippen LogP) is 1.31. The van der Waals surface area contributed by atoms with Gasteiger partial charge in [0.25, 0.3) is 10.0 Å². The number of hydrogen-bond donors (Lipinski definition) is 0. The maximum Gasteiger partial charge on any atom is 0.254 e. The van der Waals surface area contributed by atoms with Crippen LogP contribution in [0.15, 0.2) is 29.2 Å². The largest absolute Gasteiger partial charge is 0.254 e. The lowest BCUT2D eigenvalue weighted by molar-refractivity contribution is 0.596. The highest BCUT2D eigenvalue weighted by Crippen LogP contribution is 2.12. The second-order valence-electron chi connectivity index (χ2n) is 1.96. The third kappa shape index (κ3) is 2.18. The van der Waals surface area contributed by atoms with Gasteiger partial charge in [0.05, 0.1) is 4.90 Å². The van der Waals surface area contributed by atoms with Gasteiger partial charge in [0.15, 0.2) is 0 Å². The highest BCUT2D eigenvalue weighted by Gasteiger charge is 2.06. The number of hydrogen-bond acceptors (Lipinski definition) is 2. The molecule has 0 unspecified atom stereocenters. The summed E-state index contributed by atoms with van der Waals surface area (Å²) in [5, 5.41) is 7.13. The van der Waals surface area contributed by atoms with Gasteiger partial charge in [-0.05, 0) is 24.3 Å². The molecule has 1 aromatic rings. The van der Waals surface area contributed by atoms with Crippen molar-refractivity contribution in [2.75, 3.05) is 0 Å². The van der Waals surface area contributed by atoms with Crippen molar-refractivity contribution in [3.63, 3.8) is 0 Å². The van der Waals surface area contributed by atoms with Crippen LogP contribution in [0.4, 0.5) is 0 Å². The summed E-state index contributed by atoms with van der Waals surface area (Å²) in [5.74, 6) is 0. The van der Waals surface area contributed by atoms with Gasteiger partial charge < -0.3 is 0 Å². The summed E-state index contributed by atoms with van der Waals surface area (Å²) in [6.45, 7) is 0. The molecule has 59 valence electrons. The summed E-state index contributed by atoms with van der Waals surface area (Å²) in [6, 6.07) is 5.46. The van der Waals surface area contributed by atoms with Gasteiger partial charge in [0.2, 0.25) is 0 Å². The molecule has 5 heteroatoms. The van der Waals surface area contributed by atoms with Crippen LogP contribution in [0, 0.1) is 0 Å². The summed E-state index contributed by atoms with van der Waals surface area (Å²) in [4.78, 5) is -0.0399. The monoisotopic (exact) mass is 190 g/mol. The molecule has 0 aliphatic heterocycles. The van der Waals surface area contributed by atoms with Gasteiger partial charge in [0.1, 0.15) is 0 Å². The molecule has 0 saturated carbocycles. The van der Waals surface area contributed by atoms with Crippen LogP contribution in [0.1, 0.15) is 0 Å². The van der Waals surface area contributed by atoms with E-state index in [1.54, 1.807) is 0 Å². The number of halogens is 1. The smallest absolute Gasteiger partial charge is 0.206 e. The molecule has 0 saturated heterocycles. The van der Waals surface area contributed by atoms with E-state index in [1.807, 2.05) is 0 Å². The standard InChI is InChI=1S/C6H5ClNO2S/c7-5-1-3-6(4-2-5)11(8,9)10/h1-4,8H. The van der Waals surface area contributed by atoms with Gasteiger partial charge in [-0.1, -0.05) is 11.6 Å². The Bertz CT molecular complexity index is 343. The summed E-state index contributed by atoms with van der Waals surface area (Å²) in [6.07, 6.45) is 0. The Kier molecular flexibility index (Phi) is 2.17. The molecule has 1 aromatic carbocycles. The van der Waals surface area contributed by atoms with E-state index in [2.05, 4.69) is 0 Å². The van der Waals surface area contributed by atoms with Crippen molar-refractivity contribution >= 4 is 21.6 Å². The van der Waals surface area contributed by atoms with Crippen LogP contribution in [-0.4, -0.2) is 8.42 Å². The van der Waals surface area contributed by atoms with E-state index in [-0.39, 0.29) is 4.90 Å². The van der Waals surface area contributed by atoms with Gasteiger partial charge in [-0.2, -0.15) is 0 Å². The lowest BCUT2D eigenvalue weighted by Crippen LogP contribution is -1.99. The van der Waals surface area contributed by atoms with Gasteiger partial charge in [-0.25, -0.2) is 8.42 Å². The summed E-state index contributed by atoms with van der Waals surface area (Å²) in [5.41, 5.74) is 0. The first-order chi connectivity index (χ1) is 5.00. The SMILES string of the molecule is [NH]S(=O)(=O)c1ccc(Cl)cc1. The second kappa shape index (κ2) is 2.81. The molecule has 3 nitrogen and oxygen atoms in total. The molecule has 1 N–H and O–H groups in total. The molecule has 0 fully saturated rings. The Morgan fingerprint density at radius 3 is 2.00 bits per heavy atom. The maximum absolute atomic E-state index is 10.6. The van der Waals surface area contributed by atoms with Crippen molar-refractivity contribution < 1.29 is 8.42 Å². The number of sulfonamides is 1. The zero-order valence-corrected chi connectivity index (χ0v) is 6.98. The van der Waals surface area contributed by atoms with Crippen LogP contribution in [0.3, 0.4) is 0 Å². The Labute approximate surface area is 69.8 Å². The highest BCUT2D eigenvalue weighted by molar-refractivity contribution is 7.88. The Hall–Kier alpha value is -0.580. The summed E-state index contributed by atoms with van der Waals surface area (Å²) in [7, 11) is -3.83. The Balaban J connectivity index is 3.20. The van der Waals surface area contributed by atoms with E-state index in [0.717, 1.165) is 0 Å². The fraction of sp³-hybridized carbons (Fsp3) is 0. The van der Waals surface area contributed by atoms with E-state index >= 15 is 0 Å². The Morgan fingerprint density at radius 1 is 1.18 bits per heavy atom. The topological polar surface area (TPSA) is 57.9 Å². The molecule has 1 radical (unpaired) electrons. The molecule has 0 heterocycles. The molecule has 11 heavy (non-hydrogen) atoms. The van der Waals surface area contributed by atoms with Crippen molar-refractivity contribution in [2.24, 2.45) is 0 Å². The first-order valence-electron chi connectivity index (χ1n) is 2.75. The fourth-order valence-electron chi connectivity index (χ4n) is 0.614. The van der Waals surface area contributed by atoms with E-state index in [0.29, 0.717) is 5.02 Å². The molecule has 0 spiro atoms. The first kappa shape index (κ1) is 8.52. The van der Waals surface area contributed by atoms with Crippen LogP contribution < -0.4 is 5.14 Å². The molecule has 0 bridgehead atoms. The second-order valence-corrected chi connectivity index (χ2v) is 3.87. The third-order valence-electron chi connectivity index (χ3n) is 1.12. The van der Waals surface area contributed by atoms with Gasteiger partial charge >= 0.3 is 0 Å². The van der Waals surface area contributed by atoms with Crippen LogP contribution in [-0.2, 0) is 10.0 Å². The Morgan fingerprint density at radius 2 is 1.64 bits per heavy atom. The highest BCUT2D eigenvalue weighted by atomic mass is 35.5. The van der Waals surface area contributed by atoms with Crippen molar-refractivity contribution in [3.05, 3.63) is 29.3 Å². The predicted molar refractivity (Wildman–Crippen MR) is 41.7 cm³/mol. The van der Waals surface area contributed by atoms with Crippen LogP contribution >= 0.6 is 11.6 Å². The van der Waals surface area contributed by atoms with Crippen molar-refractivity contribution in [1.29, 1.82) is 0 Å². The van der Waals surface area contributed by atoms with Gasteiger partial charge in [-0.3, -0.25) is 0 Å². The molecular weight excluding hydrogens is 186 g/mol. The first-order valence-corrected chi connectivity index (χ1v) is 4.61. The minimum atomic E-state index is -3.83. The number of rotatable bonds is 1.